The number of pyridine rings is 1. The highest BCUT2D eigenvalue weighted by molar-refractivity contribution is 6.30. The SMILES string of the molecule is N#Cc1cc(F)c(Cl)cc1OC(CCN)c1cccnc1. The summed E-state index contributed by atoms with van der Waals surface area (Å²) < 4.78 is 19.2. The van der Waals surface area contributed by atoms with Crippen molar-refractivity contribution in [2.45, 2.75) is 12.5 Å². The lowest BCUT2D eigenvalue weighted by Gasteiger charge is -2.19. The summed E-state index contributed by atoms with van der Waals surface area (Å²) in [5.74, 6) is -0.427. The van der Waals surface area contributed by atoms with Crippen LogP contribution in [0, 0.1) is 17.1 Å². The molecule has 2 aromatic rings. The van der Waals surface area contributed by atoms with Gasteiger partial charge in [0.25, 0.3) is 0 Å². The third-order valence-corrected chi connectivity index (χ3v) is 3.19. The molecule has 6 heteroatoms. The Morgan fingerprint density at radius 1 is 1.48 bits per heavy atom. The van der Waals surface area contributed by atoms with E-state index in [0.717, 1.165) is 11.6 Å². The molecule has 0 saturated carbocycles. The molecule has 1 heterocycles. The Morgan fingerprint density at radius 2 is 2.29 bits per heavy atom. The molecule has 1 aromatic carbocycles. The molecule has 2 N–H and O–H groups in total. The molecule has 1 atom stereocenters. The summed E-state index contributed by atoms with van der Waals surface area (Å²) in [6.45, 7) is 0.399. The van der Waals surface area contributed by atoms with Gasteiger partial charge in [-0.25, -0.2) is 4.39 Å². The maximum absolute atomic E-state index is 13.4. The Balaban J connectivity index is 2.34. The highest BCUT2D eigenvalue weighted by Crippen LogP contribution is 2.30. The predicted octanol–water partition coefficient (Wildman–Crippen LogP) is 3.21. The Hall–Kier alpha value is -2.16. The van der Waals surface area contributed by atoms with Gasteiger partial charge in [0.1, 0.15) is 23.7 Å². The van der Waals surface area contributed by atoms with Gasteiger partial charge in [0.05, 0.1) is 10.6 Å². The molecule has 0 radical (unpaired) electrons. The fraction of sp³-hybridized carbons (Fsp3) is 0.200. The molecule has 0 aliphatic rings. The van der Waals surface area contributed by atoms with Gasteiger partial charge in [0.2, 0.25) is 0 Å². The van der Waals surface area contributed by atoms with Gasteiger partial charge in [0, 0.05) is 30.4 Å². The molecule has 0 spiro atoms. The van der Waals surface area contributed by atoms with Gasteiger partial charge in [-0.2, -0.15) is 5.26 Å². The van der Waals surface area contributed by atoms with E-state index in [1.165, 1.54) is 6.07 Å². The van der Waals surface area contributed by atoms with Crippen LogP contribution in [0.5, 0.6) is 5.75 Å². The Kier molecular flexibility index (Phi) is 5.09. The number of nitrogens with two attached hydrogens (primary N) is 1. The summed E-state index contributed by atoms with van der Waals surface area (Å²) in [7, 11) is 0. The topological polar surface area (TPSA) is 71.9 Å². The van der Waals surface area contributed by atoms with Crippen molar-refractivity contribution < 1.29 is 9.13 Å². The number of hydrogen-bond acceptors (Lipinski definition) is 4. The van der Waals surface area contributed by atoms with Crippen LogP contribution in [-0.4, -0.2) is 11.5 Å². The number of benzene rings is 1. The Morgan fingerprint density at radius 3 is 2.90 bits per heavy atom. The molecule has 21 heavy (non-hydrogen) atoms. The van der Waals surface area contributed by atoms with Gasteiger partial charge in [-0.15, -0.1) is 0 Å². The zero-order chi connectivity index (χ0) is 15.2. The minimum absolute atomic E-state index is 0.0859. The summed E-state index contributed by atoms with van der Waals surface area (Å²) in [6, 6.07) is 7.88. The van der Waals surface area contributed by atoms with E-state index in [2.05, 4.69) is 4.98 Å². The van der Waals surface area contributed by atoms with Crippen LogP contribution in [0.1, 0.15) is 23.7 Å². The monoisotopic (exact) mass is 305 g/mol. The molecular weight excluding hydrogens is 293 g/mol. The van der Waals surface area contributed by atoms with Crippen molar-refractivity contribution >= 4 is 11.6 Å². The van der Waals surface area contributed by atoms with E-state index in [1.54, 1.807) is 18.5 Å². The van der Waals surface area contributed by atoms with Crippen LogP contribution < -0.4 is 10.5 Å². The molecule has 1 aromatic heterocycles. The quantitative estimate of drug-likeness (QED) is 0.920. The minimum atomic E-state index is -0.655. The first kappa shape index (κ1) is 15.2. The molecule has 1 unspecified atom stereocenters. The van der Waals surface area contributed by atoms with Crippen LogP contribution >= 0.6 is 11.6 Å². The van der Waals surface area contributed by atoms with Gasteiger partial charge < -0.3 is 10.5 Å². The smallest absolute Gasteiger partial charge is 0.143 e. The molecule has 2 rings (SSSR count). The van der Waals surface area contributed by atoms with E-state index in [4.69, 9.17) is 27.3 Å². The second-order valence-electron chi connectivity index (χ2n) is 4.34. The molecule has 0 aliphatic heterocycles. The van der Waals surface area contributed by atoms with E-state index in [-0.39, 0.29) is 22.4 Å². The largest absolute Gasteiger partial charge is 0.484 e. The molecule has 4 nitrogen and oxygen atoms in total. The summed E-state index contributed by atoms with van der Waals surface area (Å²) >= 11 is 5.75. The number of hydrogen-bond donors (Lipinski definition) is 1. The highest BCUT2D eigenvalue weighted by atomic mass is 35.5. The molecule has 0 aliphatic carbocycles. The molecule has 0 fully saturated rings. The number of aromatic nitrogens is 1. The summed E-state index contributed by atoms with van der Waals surface area (Å²) in [6.07, 6.45) is 3.47. The average molecular weight is 306 g/mol. The summed E-state index contributed by atoms with van der Waals surface area (Å²) in [5.41, 5.74) is 6.51. The molecule has 0 amide bonds. The van der Waals surface area contributed by atoms with Gasteiger partial charge in [-0.05, 0) is 18.7 Å². The number of ether oxygens (including phenoxy) is 1. The first-order valence-electron chi connectivity index (χ1n) is 6.31. The number of nitrogens with zero attached hydrogens (tertiary/aromatic N) is 2. The third-order valence-electron chi connectivity index (χ3n) is 2.90. The Bertz CT molecular complexity index is 658. The summed E-state index contributed by atoms with van der Waals surface area (Å²) in [4.78, 5) is 4.03. The van der Waals surface area contributed by atoms with Crippen molar-refractivity contribution in [2.24, 2.45) is 5.73 Å². The van der Waals surface area contributed by atoms with Crippen molar-refractivity contribution in [3.63, 3.8) is 0 Å². The highest BCUT2D eigenvalue weighted by Gasteiger charge is 2.17. The van der Waals surface area contributed by atoms with Crippen LogP contribution in [-0.2, 0) is 0 Å². The summed E-state index contributed by atoms with van der Waals surface area (Å²) in [5, 5.41) is 8.97. The van der Waals surface area contributed by atoms with Crippen LogP contribution in [0.4, 0.5) is 4.39 Å². The van der Waals surface area contributed by atoms with Crippen molar-refractivity contribution in [3.8, 4) is 11.8 Å². The van der Waals surface area contributed by atoms with Crippen molar-refractivity contribution in [1.29, 1.82) is 5.26 Å². The standard InChI is InChI=1S/C15H13ClFN3O/c16-12-7-15(11(8-19)6-13(12)17)21-14(3-4-18)10-2-1-5-20-9-10/h1-2,5-7,9,14H,3-4,18H2. The van der Waals surface area contributed by atoms with Crippen molar-refractivity contribution in [3.05, 3.63) is 58.6 Å². The van der Waals surface area contributed by atoms with Crippen LogP contribution in [0.3, 0.4) is 0 Å². The van der Waals surface area contributed by atoms with Crippen molar-refractivity contribution in [1.82, 2.24) is 4.98 Å². The lowest BCUT2D eigenvalue weighted by atomic mass is 10.1. The third kappa shape index (κ3) is 3.69. The second kappa shape index (κ2) is 7.02. The van der Waals surface area contributed by atoms with E-state index in [1.807, 2.05) is 12.1 Å². The second-order valence-corrected chi connectivity index (χ2v) is 4.75. The maximum Gasteiger partial charge on any atom is 0.143 e. The minimum Gasteiger partial charge on any atom is -0.484 e. The van der Waals surface area contributed by atoms with Crippen LogP contribution in [0.2, 0.25) is 5.02 Å². The number of halogens is 2. The fourth-order valence-corrected chi connectivity index (χ4v) is 2.03. The van der Waals surface area contributed by atoms with E-state index >= 15 is 0 Å². The maximum atomic E-state index is 13.4. The molecule has 0 bridgehead atoms. The predicted molar refractivity (Wildman–Crippen MR) is 77.4 cm³/mol. The first-order valence-corrected chi connectivity index (χ1v) is 6.69. The van der Waals surface area contributed by atoms with Gasteiger partial charge >= 0.3 is 0 Å². The van der Waals surface area contributed by atoms with E-state index in [9.17, 15) is 4.39 Å². The van der Waals surface area contributed by atoms with Crippen LogP contribution in [0.15, 0.2) is 36.7 Å². The van der Waals surface area contributed by atoms with Gasteiger partial charge in [0.15, 0.2) is 0 Å². The zero-order valence-corrected chi connectivity index (χ0v) is 11.8. The van der Waals surface area contributed by atoms with Gasteiger partial charge in [-0.1, -0.05) is 17.7 Å². The lowest BCUT2D eigenvalue weighted by molar-refractivity contribution is 0.196. The van der Waals surface area contributed by atoms with Crippen LogP contribution in [0.25, 0.3) is 0 Å². The average Bonchev–Trinajstić information content (AvgIpc) is 2.51. The lowest BCUT2D eigenvalue weighted by Crippen LogP contribution is -2.14. The number of rotatable bonds is 5. The Labute approximate surface area is 126 Å². The molecule has 0 saturated heterocycles. The number of nitriles is 1. The fourth-order valence-electron chi connectivity index (χ4n) is 1.88. The molecule has 108 valence electrons. The van der Waals surface area contributed by atoms with Crippen molar-refractivity contribution in [2.75, 3.05) is 6.54 Å². The van der Waals surface area contributed by atoms with E-state index in [0.29, 0.717) is 13.0 Å². The zero-order valence-electron chi connectivity index (χ0n) is 11.1. The molecular formula is C15H13ClFN3O. The van der Waals surface area contributed by atoms with E-state index < -0.39 is 5.82 Å². The first-order chi connectivity index (χ1) is 10.2. The normalized spacial score (nSPS) is 11.7. The van der Waals surface area contributed by atoms with Gasteiger partial charge in [-0.3, -0.25) is 4.98 Å².